The predicted octanol–water partition coefficient (Wildman–Crippen LogP) is 4.77. The number of piperidine rings is 1. The van der Waals surface area contributed by atoms with Gasteiger partial charge in [0.1, 0.15) is 35.5 Å². The first-order chi connectivity index (χ1) is 17.9. The van der Waals surface area contributed by atoms with Crippen molar-refractivity contribution in [2.45, 2.75) is 31.5 Å². The maximum atomic E-state index is 13.2. The van der Waals surface area contributed by atoms with Gasteiger partial charge in [-0.1, -0.05) is 23.7 Å². The van der Waals surface area contributed by atoms with Crippen molar-refractivity contribution in [2.75, 3.05) is 27.4 Å². The number of methoxy groups -OCH3 is 2. The third-order valence-corrected chi connectivity index (χ3v) is 7.56. The lowest BCUT2D eigenvalue weighted by Crippen LogP contribution is -2.44. The fourth-order valence-corrected chi connectivity index (χ4v) is 5.42. The number of benzene rings is 1. The predicted molar refractivity (Wildman–Crippen MR) is 139 cm³/mol. The van der Waals surface area contributed by atoms with Crippen LogP contribution in [0.2, 0.25) is 5.02 Å². The molecule has 9 nitrogen and oxygen atoms in total. The van der Waals surface area contributed by atoms with Crippen LogP contribution in [0, 0.1) is 0 Å². The van der Waals surface area contributed by atoms with Crippen LogP contribution >= 0.6 is 22.9 Å². The van der Waals surface area contributed by atoms with Crippen LogP contribution in [0.15, 0.2) is 41.8 Å². The number of ether oxygens (including phenoxy) is 4. The lowest BCUT2D eigenvalue weighted by atomic mass is 10.0. The fraction of sp³-hybridized carbons (Fsp3) is 0.346. The lowest BCUT2D eigenvalue weighted by Gasteiger charge is -2.32. The van der Waals surface area contributed by atoms with Gasteiger partial charge >= 0.3 is 6.09 Å². The number of fused-ring (bicyclic) bond motifs is 1. The minimum absolute atomic E-state index is 0.0233. The summed E-state index contributed by atoms with van der Waals surface area (Å²) in [7, 11) is 3.08. The zero-order chi connectivity index (χ0) is 25.9. The van der Waals surface area contributed by atoms with Gasteiger partial charge in [-0.2, -0.15) is 0 Å². The highest BCUT2D eigenvalue weighted by atomic mass is 35.5. The van der Waals surface area contributed by atoms with Crippen molar-refractivity contribution < 1.29 is 28.5 Å². The second-order valence-electron chi connectivity index (χ2n) is 8.74. The summed E-state index contributed by atoms with van der Waals surface area (Å²) in [5, 5.41) is 5.41. The number of pyridine rings is 1. The molecule has 1 N–H and O–H groups in total. The zero-order valence-electron chi connectivity index (χ0n) is 20.4. The van der Waals surface area contributed by atoms with E-state index in [9.17, 15) is 9.59 Å². The van der Waals surface area contributed by atoms with Crippen molar-refractivity contribution in [1.82, 2.24) is 15.2 Å². The molecule has 3 aromatic rings. The lowest BCUT2D eigenvalue weighted by molar-refractivity contribution is 0.0913. The Balaban J connectivity index is 1.43. The summed E-state index contributed by atoms with van der Waals surface area (Å²) in [6.45, 7) is 1.22. The average Bonchev–Trinajstić information content (AvgIpc) is 3.54. The Morgan fingerprint density at radius 1 is 1.24 bits per heavy atom. The normalized spacial score (nSPS) is 18.7. The van der Waals surface area contributed by atoms with Gasteiger partial charge in [-0.25, -0.2) is 9.78 Å². The van der Waals surface area contributed by atoms with Gasteiger partial charge in [0.05, 0.1) is 25.1 Å². The summed E-state index contributed by atoms with van der Waals surface area (Å²) in [5.74, 6) is 1.01. The maximum absolute atomic E-state index is 13.2. The SMILES string of the molecule is COc1csc(-c2nc(OC)c(C(=O)NCc3ccc(Cl)cc3)cc2O[C@H]2CCN3C(=O)OC[C@@H]3C2)c1. The summed E-state index contributed by atoms with van der Waals surface area (Å²) in [6, 6.07) is 10.8. The smallest absolute Gasteiger partial charge is 0.410 e. The molecule has 1 aromatic carbocycles. The molecule has 4 heterocycles. The molecule has 37 heavy (non-hydrogen) atoms. The maximum Gasteiger partial charge on any atom is 0.410 e. The molecule has 194 valence electrons. The first kappa shape index (κ1) is 25.2. The van der Waals surface area contributed by atoms with Gasteiger partial charge < -0.3 is 29.2 Å². The third kappa shape index (κ3) is 5.45. The van der Waals surface area contributed by atoms with Gasteiger partial charge in [0.15, 0.2) is 0 Å². The molecule has 2 fully saturated rings. The van der Waals surface area contributed by atoms with E-state index in [0.29, 0.717) is 54.8 Å². The number of halogens is 1. The molecule has 0 bridgehead atoms. The molecule has 5 rings (SSSR count). The Labute approximate surface area is 223 Å². The summed E-state index contributed by atoms with van der Waals surface area (Å²) in [4.78, 5) is 32.3. The number of hydrogen-bond donors (Lipinski definition) is 1. The minimum atomic E-state index is -0.343. The number of nitrogens with one attached hydrogen (secondary N) is 1. The Morgan fingerprint density at radius 2 is 2.05 bits per heavy atom. The first-order valence-electron chi connectivity index (χ1n) is 11.8. The second kappa shape index (κ2) is 10.9. The molecule has 2 aromatic heterocycles. The number of rotatable bonds is 8. The van der Waals surface area contributed by atoms with Gasteiger partial charge in [0, 0.05) is 48.5 Å². The Bertz CT molecular complexity index is 1300. The van der Waals surface area contributed by atoms with E-state index >= 15 is 0 Å². The standard InChI is InChI=1S/C26H26ClN3O6S/c1-33-19-10-22(37-14-19)23-21(36-18-7-8-30-17(9-18)13-35-26(30)32)11-20(25(29-23)34-2)24(31)28-12-15-3-5-16(27)6-4-15/h3-6,10-11,14,17-18H,7-9,12-13H2,1-2H3,(H,28,31)/t17-,18-/m0/s1. The molecular formula is C26H26ClN3O6S. The summed E-state index contributed by atoms with van der Waals surface area (Å²) >= 11 is 7.41. The molecule has 2 amide bonds. The van der Waals surface area contributed by atoms with E-state index in [4.69, 9.17) is 30.5 Å². The summed E-state index contributed by atoms with van der Waals surface area (Å²) in [6.07, 6.45) is 0.823. The minimum Gasteiger partial charge on any atom is -0.496 e. The first-order valence-corrected chi connectivity index (χ1v) is 13.1. The van der Waals surface area contributed by atoms with Crippen LogP contribution in [0.25, 0.3) is 10.6 Å². The Morgan fingerprint density at radius 3 is 2.78 bits per heavy atom. The summed E-state index contributed by atoms with van der Waals surface area (Å²) in [5.41, 5.74) is 1.72. The zero-order valence-corrected chi connectivity index (χ0v) is 21.9. The number of carbonyl (C=O) groups excluding carboxylic acids is 2. The number of nitrogens with zero attached hydrogens (tertiary/aromatic N) is 2. The molecular weight excluding hydrogens is 518 g/mol. The van der Waals surface area contributed by atoms with Crippen LogP contribution in [0.3, 0.4) is 0 Å². The summed E-state index contributed by atoms with van der Waals surface area (Å²) < 4.78 is 22.5. The molecule has 0 spiro atoms. The van der Waals surface area contributed by atoms with Crippen molar-refractivity contribution in [3.8, 4) is 28.0 Å². The van der Waals surface area contributed by atoms with E-state index in [-0.39, 0.29) is 35.6 Å². The van der Waals surface area contributed by atoms with E-state index in [0.717, 1.165) is 10.4 Å². The number of hydrogen-bond acceptors (Lipinski definition) is 8. The molecule has 11 heteroatoms. The van der Waals surface area contributed by atoms with Crippen molar-refractivity contribution in [3.63, 3.8) is 0 Å². The van der Waals surface area contributed by atoms with Crippen LogP contribution in [-0.2, 0) is 11.3 Å². The number of thiophene rings is 1. The van der Waals surface area contributed by atoms with Crippen LogP contribution in [0.1, 0.15) is 28.8 Å². The van der Waals surface area contributed by atoms with E-state index in [2.05, 4.69) is 10.3 Å². The number of amides is 2. The number of carbonyl (C=O) groups is 2. The van der Waals surface area contributed by atoms with Crippen LogP contribution < -0.4 is 19.5 Å². The van der Waals surface area contributed by atoms with Crippen LogP contribution in [-0.4, -0.2) is 61.4 Å². The second-order valence-corrected chi connectivity index (χ2v) is 10.1. The molecule has 2 aliphatic rings. The van der Waals surface area contributed by atoms with Crippen LogP contribution in [0.4, 0.5) is 4.79 Å². The Hall–Kier alpha value is -3.50. The van der Waals surface area contributed by atoms with Gasteiger partial charge in [0.2, 0.25) is 5.88 Å². The molecule has 0 radical (unpaired) electrons. The molecule has 2 atom stereocenters. The van der Waals surface area contributed by atoms with Gasteiger partial charge in [-0.05, 0) is 17.7 Å². The fourth-order valence-electron chi connectivity index (χ4n) is 4.44. The average molecular weight is 544 g/mol. The topological polar surface area (TPSA) is 99.2 Å². The van der Waals surface area contributed by atoms with Crippen LogP contribution in [0.5, 0.6) is 17.4 Å². The number of aromatic nitrogens is 1. The van der Waals surface area contributed by atoms with Crippen molar-refractivity contribution in [3.05, 3.63) is 57.9 Å². The van der Waals surface area contributed by atoms with E-state index in [1.807, 2.05) is 23.6 Å². The molecule has 2 aliphatic heterocycles. The van der Waals surface area contributed by atoms with Gasteiger partial charge in [0.25, 0.3) is 5.91 Å². The van der Waals surface area contributed by atoms with Gasteiger partial charge in [-0.3, -0.25) is 4.79 Å². The van der Waals surface area contributed by atoms with Crippen molar-refractivity contribution >= 4 is 34.9 Å². The molecule has 0 unspecified atom stereocenters. The largest absolute Gasteiger partial charge is 0.496 e. The van der Waals surface area contributed by atoms with E-state index in [1.54, 1.807) is 30.2 Å². The third-order valence-electron chi connectivity index (χ3n) is 6.40. The van der Waals surface area contributed by atoms with E-state index < -0.39 is 0 Å². The molecule has 2 saturated heterocycles. The molecule has 0 aliphatic carbocycles. The van der Waals surface area contributed by atoms with Crippen molar-refractivity contribution in [2.24, 2.45) is 0 Å². The monoisotopic (exact) mass is 543 g/mol. The van der Waals surface area contributed by atoms with Gasteiger partial charge in [-0.15, -0.1) is 11.3 Å². The highest BCUT2D eigenvalue weighted by molar-refractivity contribution is 7.13. The quantitative estimate of drug-likeness (QED) is 0.437. The molecule has 0 saturated carbocycles. The number of cyclic esters (lactones) is 1. The van der Waals surface area contributed by atoms with E-state index in [1.165, 1.54) is 18.4 Å². The van der Waals surface area contributed by atoms with Crippen molar-refractivity contribution in [1.29, 1.82) is 0 Å². The highest BCUT2D eigenvalue weighted by Gasteiger charge is 2.39. The Kier molecular flexibility index (Phi) is 7.38. The highest BCUT2D eigenvalue weighted by Crippen LogP contribution is 2.40.